The summed E-state index contributed by atoms with van der Waals surface area (Å²) < 4.78 is 16.2. The highest BCUT2D eigenvalue weighted by molar-refractivity contribution is 5.27. The van der Waals surface area contributed by atoms with Crippen LogP contribution in [-0.2, 0) is 11.3 Å². The maximum Gasteiger partial charge on any atom is 0.324 e. The Bertz CT molecular complexity index is 690. The Morgan fingerprint density at radius 3 is 2.64 bits per heavy atom. The van der Waals surface area contributed by atoms with Gasteiger partial charge in [0, 0.05) is 38.7 Å². The molecule has 1 atom stereocenters. The van der Waals surface area contributed by atoms with E-state index in [9.17, 15) is 0 Å². The van der Waals surface area contributed by atoms with Crippen LogP contribution in [0, 0.1) is 0 Å². The molecule has 0 spiro atoms. The van der Waals surface area contributed by atoms with Crippen LogP contribution in [0.15, 0.2) is 9.05 Å². The van der Waals surface area contributed by atoms with Gasteiger partial charge in [-0.1, -0.05) is 10.3 Å². The molecule has 1 saturated heterocycles. The topological polar surface area (TPSA) is 93.6 Å². The van der Waals surface area contributed by atoms with E-state index in [2.05, 4.69) is 30.1 Å². The zero-order valence-electron chi connectivity index (χ0n) is 14.7. The lowest BCUT2D eigenvalue weighted by molar-refractivity contribution is 0.0683. The van der Waals surface area contributed by atoms with Crippen LogP contribution in [0.5, 0.6) is 0 Å². The fourth-order valence-corrected chi connectivity index (χ4v) is 2.97. The molecule has 1 aliphatic heterocycles. The number of piperazine rings is 1. The van der Waals surface area contributed by atoms with Gasteiger partial charge in [0.1, 0.15) is 6.10 Å². The van der Waals surface area contributed by atoms with E-state index < -0.39 is 0 Å². The van der Waals surface area contributed by atoms with Gasteiger partial charge in [-0.05, 0) is 26.7 Å². The third kappa shape index (κ3) is 3.82. The van der Waals surface area contributed by atoms with Crippen LogP contribution in [-0.4, -0.2) is 58.0 Å². The summed E-state index contributed by atoms with van der Waals surface area (Å²) >= 11 is 0. The molecule has 9 nitrogen and oxygen atoms in total. The molecule has 0 aromatic carbocycles. The van der Waals surface area contributed by atoms with E-state index in [1.807, 2.05) is 13.8 Å². The summed E-state index contributed by atoms with van der Waals surface area (Å²) in [5.74, 6) is 2.61. The predicted octanol–water partition coefficient (Wildman–Crippen LogP) is 1.75. The largest absolute Gasteiger partial charge is 0.371 e. The normalized spacial score (nSPS) is 20.2. The standard InChI is InChI=1S/C16H24N6O3/c1-3-23-11(2)14-17-13(24-19-14)10-21-6-8-22(9-7-21)16-18-15(20-25-16)12-4-5-12/h11-12H,3-10H2,1-2H3/t11-/m1/s1. The third-order valence-corrected chi connectivity index (χ3v) is 4.64. The number of nitrogens with zero attached hydrogens (tertiary/aromatic N) is 6. The average Bonchev–Trinajstić information content (AvgIpc) is 3.17. The van der Waals surface area contributed by atoms with Crippen LogP contribution in [0.25, 0.3) is 0 Å². The van der Waals surface area contributed by atoms with Crippen molar-refractivity contribution in [2.75, 3.05) is 37.7 Å². The molecule has 9 heteroatoms. The summed E-state index contributed by atoms with van der Waals surface area (Å²) in [6, 6.07) is 0.646. The van der Waals surface area contributed by atoms with E-state index in [4.69, 9.17) is 13.8 Å². The molecular formula is C16H24N6O3. The van der Waals surface area contributed by atoms with Crippen molar-refractivity contribution in [3.05, 3.63) is 17.5 Å². The minimum absolute atomic E-state index is 0.141. The van der Waals surface area contributed by atoms with Crippen molar-refractivity contribution in [2.24, 2.45) is 0 Å². The van der Waals surface area contributed by atoms with Crippen LogP contribution >= 0.6 is 0 Å². The first-order valence-electron chi connectivity index (χ1n) is 8.98. The number of hydrogen-bond acceptors (Lipinski definition) is 9. The molecule has 0 radical (unpaired) electrons. The van der Waals surface area contributed by atoms with Crippen molar-refractivity contribution in [1.82, 2.24) is 25.2 Å². The van der Waals surface area contributed by atoms with Gasteiger partial charge in [0.2, 0.25) is 5.89 Å². The van der Waals surface area contributed by atoms with Crippen LogP contribution in [0.1, 0.15) is 56.3 Å². The van der Waals surface area contributed by atoms with Crippen molar-refractivity contribution in [3.8, 4) is 0 Å². The SMILES string of the molecule is CCO[C@H](C)c1noc(CN2CCN(c3nc(C4CC4)no3)CC2)n1. The van der Waals surface area contributed by atoms with Gasteiger partial charge in [-0.25, -0.2) is 0 Å². The van der Waals surface area contributed by atoms with E-state index >= 15 is 0 Å². The minimum atomic E-state index is -0.141. The molecule has 2 fully saturated rings. The second kappa shape index (κ2) is 7.09. The van der Waals surface area contributed by atoms with Gasteiger partial charge in [-0.15, -0.1) is 0 Å². The van der Waals surface area contributed by atoms with Crippen LogP contribution in [0.2, 0.25) is 0 Å². The van der Waals surface area contributed by atoms with Crippen LogP contribution < -0.4 is 4.90 Å². The predicted molar refractivity (Wildman–Crippen MR) is 88.1 cm³/mol. The quantitative estimate of drug-likeness (QED) is 0.741. The first-order valence-corrected chi connectivity index (χ1v) is 8.98. The van der Waals surface area contributed by atoms with E-state index in [1.165, 1.54) is 12.8 Å². The van der Waals surface area contributed by atoms with Gasteiger partial charge in [0.25, 0.3) is 0 Å². The van der Waals surface area contributed by atoms with E-state index in [0.29, 0.717) is 36.8 Å². The third-order valence-electron chi connectivity index (χ3n) is 4.64. The highest BCUT2D eigenvalue weighted by Crippen LogP contribution is 2.38. The molecule has 0 amide bonds. The summed E-state index contributed by atoms with van der Waals surface area (Å²) in [4.78, 5) is 13.4. The highest BCUT2D eigenvalue weighted by Gasteiger charge is 2.30. The molecule has 2 aliphatic rings. The number of aromatic nitrogens is 4. The fraction of sp³-hybridized carbons (Fsp3) is 0.750. The summed E-state index contributed by atoms with van der Waals surface area (Å²) in [5, 5.41) is 8.09. The zero-order chi connectivity index (χ0) is 17.2. The molecule has 136 valence electrons. The zero-order valence-corrected chi connectivity index (χ0v) is 14.7. The Kier molecular flexibility index (Phi) is 4.67. The summed E-state index contributed by atoms with van der Waals surface area (Å²) in [6.45, 7) is 8.64. The first-order chi connectivity index (χ1) is 12.2. The molecule has 1 saturated carbocycles. The number of ether oxygens (including phenoxy) is 1. The highest BCUT2D eigenvalue weighted by atomic mass is 16.5. The average molecular weight is 348 g/mol. The second-order valence-corrected chi connectivity index (χ2v) is 6.62. The van der Waals surface area contributed by atoms with Gasteiger partial charge >= 0.3 is 6.01 Å². The maximum absolute atomic E-state index is 5.49. The number of hydrogen-bond donors (Lipinski definition) is 0. The molecule has 3 heterocycles. The van der Waals surface area contributed by atoms with Crippen LogP contribution in [0.4, 0.5) is 6.01 Å². The monoisotopic (exact) mass is 348 g/mol. The first kappa shape index (κ1) is 16.5. The molecular weight excluding hydrogens is 324 g/mol. The molecule has 1 aliphatic carbocycles. The van der Waals surface area contributed by atoms with E-state index in [1.54, 1.807) is 0 Å². The van der Waals surface area contributed by atoms with E-state index in [0.717, 1.165) is 32.0 Å². The maximum atomic E-state index is 5.49. The Morgan fingerprint density at radius 2 is 1.92 bits per heavy atom. The summed E-state index contributed by atoms with van der Waals surface area (Å²) in [5.41, 5.74) is 0. The van der Waals surface area contributed by atoms with Gasteiger partial charge in [-0.2, -0.15) is 9.97 Å². The van der Waals surface area contributed by atoms with Gasteiger partial charge in [0.15, 0.2) is 11.6 Å². The van der Waals surface area contributed by atoms with Crippen molar-refractivity contribution >= 4 is 6.01 Å². The van der Waals surface area contributed by atoms with Crippen molar-refractivity contribution in [1.29, 1.82) is 0 Å². The van der Waals surface area contributed by atoms with Crippen molar-refractivity contribution < 1.29 is 13.8 Å². The lowest BCUT2D eigenvalue weighted by Gasteiger charge is -2.32. The van der Waals surface area contributed by atoms with Gasteiger partial charge < -0.3 is 18.7 Å². The Hall–Kier alpha value is -2.00. The molecule has 0 N–H and O–H groups in total. The van der Waals surface area contributed by atoms with E-state index in [-0.39, 0.29) is 6.10 Å². The molecule has 2 aromatic heterocycles. The minimum Gasteiger partial charge on any atom is -0.371 e. The number of rotatable bonds is 7. The van der Waals surface area contributed by atoms with Crippen molar-refractivity contribution in [3.63, 3.8) is 0 Å². The van der Waals surface area contributed by atoms with Crippen LogP contribution in [0.3, 0.4) is 0 Å². The lowest BCUT2D eigenvalue weighted by Crippen LogP contribution is -2.46. The molecule has 2 aromatic rings. The Morgan fingerprint density at radius 1 is 1.12 bits per heavy atom. The lowest BCUT2D eigenvalue weighted by atomic mass is 10.3. The molecule has 4 rings (SSSR count). The number of anilines is 1. The molecule has 25 heavy (non-hydrogen) atoms. The summed E-state index contributed by atoms with van der Waals surface area (Å²) in [6.07, 6.45) is 2.22. The molecule has 0 unspecified atom stereocenters. The van der Waals surface area contributed by atoms with Gasteiger partial charge in [0.05, 0.1) is 6.54 Å². The van der Waals surface area contributed by atoms with Crippen molar-refractivity contribution in [2.45, 2.75) is 45.3 Å². The second-order valence-electron chi connectivity index (χ2n) is 6.62. The Labute approximate surface area is 146 Å². The Balaban J connectivity index is 1.28. The van der Waals surface area contributed by atoms with Gasteiger partial charge in [-0.3, -0.25) is 4.90 Å². The fourth-order valence-electron chi connectivity index (χ4n) is 2.97. The molecule has 0 bridgehead atoms. The summed E-state index contributed by atoms with van der Waals surface area (Å²) in [7, 11) is 0. The smallest absolute Gasteiger partial charge is 0.324 e.